The Morgan fingerprint density at radius 2 is 2.33 bits per heavy atom. The zero-order valence-electron chi connectivity index (χ0n) is 6.33. The van der Waals surface area contributed by atoms with Crippen molar-refractivity contribution in [2.45, 2.75) is 11.7 Å². The highest BCUT2D eigenvalue weighted by molar-refractivity contribution is 8.15. The number of carbonyl (C=O) groups is 3. The lowest BCUT2D eigenvalue weighted by atomic mass is 10.3. The lowest BCUT2D eigenvalue weighted by Gasteiger charge is -2.01. The van der Waals surface area contributed by atoms with Gasteiger partial charge in [0.25, 0.3) is 5.24 Å². The Kier molecular flexibility index (Phi) is 2.69. The number of rotatable bonds is 2. The molecule has 2 amide bonds. The van der Waals surface area contributed by atoms with Crippen LogP contribution in [-0.4, -0.2) is 29.5 Å². The Morgan fingerprint density at radius 1 is 1.67 bits per heavy atom. The predicted octanol–water partition coefficient (Wildman–Crippen LogP) is -0.0989. The molecular formula is C6H7NO4S. The monoisotopic (exact) mass is 189 g/mol. The first-order valence-electron chi connectivity index (χ1n) is 3.22. The molecule has 0 bridgehead atoms. The quantitative estimate of drug-likeness (QED) is 0.614. The minimum Gasteiger partial charge on any atom is -0.469 e. The molecule has 1 rings (SSSR count). The second kappa shape index (κ2) is 3.57. The van der Waals surface area contributed by atoms with Crippen LogP contribution in [0.5, 0.6) is 0 Å². The Hall–Kier alpha value is -1.04. The lowest BCUT2D eigenvalue weighted by Crippen LogP contribution is -2.26. The van der Waals surface area contributed by atoms with Crippen molar-refractivity contribution in [1.29, 1.82) is 0 Å². The van der Waals surface area contributed by atoms with E-state index in [0.29, 0.717) is 0 Å². The number of methoxy groups -OCH3 is 1. The predicted molar refractivity (Wildman–Crippen MR) is 41.6 cm³/mol. The Bertz CT molecular complexity index is 240. The number of thioether (sulfide) groups is 1. The van der Waals surface area contributed by atoms with Gasteiger partial charge in [-0.1, -0.05) is 11.8 Å². The average Bonchev–Trinajstić information content (AvgIpc) is 2.30. The van der Waals surface area contributed by atoms with Crippen molar-refractivity contribution in [2.75, 3.05) is 7.11 Å². The fraction of sp³-hybridized carbons (Fsp3) is 0.500. The van der Waals surface area contributed by atoms with E-state index in [-0.39, 0.29) is 6.42 Å². The summed E-state index contributed by atoms with van der Waals surface area (Å²) in [5, 5.41) is 1.04. The summed E-state index contributed by atoms with van der Waals surface area (Å²) in [5.41, 5.74) is 0. The molecule has 1 fully saturated rings. The second-order valence-electron chi connectivity index (χ2n) is 2.16. The van der Waals surface area contributed by atoms with Crippen molar-refractivity contribution >= 4 is 28.9 Å². The normalized spacial score (nSPS) is 22.2. The van der Waals surface area contributed by atoms with Crippen LogP contribution in [0.4, 0.5) is 4.79 Å². The van der Waals surface area contributed by atoms with Crippen molar-refractivity contribution in [3.8, 4) is 0 Å². The number of hydrogen-bond donors (Lipinski definition) is 1. The molecule has 1 atom stereocenters. The number of hydrogen-bond acceptors (Lipinski definition) is 5. The molecule has 0 aromatic heterocycles. The summed E-state index contributed by atoms with van der Waals surface area (Å²) >= 11 is 0.817. The summed E-state index contributed by atoms with van der Waals surface area (Å²) in [4.78, 5) is 32.2. The standard InChI is InChI=1S/C6H7NO4S/c1-11-4(8)2-3-5(9)7-6(10)12-3/h3H,2H2,1H3,(H,7,9,10)/t3-/m1/s1. The van der Waals surface area contributed by atoms with Crippen LogP contribution in [0.2, 0.25) is 0 Å². The average molecular weight is 189 g/mol. The fourth-order valence-corrected chi connectivity index (χ4v) is 1.57. The van der Waals surface area contributed by atoms with Gasteiger partial charge in [-0.3, -0.25) is 19.7 Å². The Balaban J connectivity index is 2.48. The van der Waals surface area contributed by atoms with Crippen LogP contribution in [0, 0.1) is 0 Å². The van der Waals surface area contributed by atoms with Gasteiger partial charge in [-0.25, -0.2) is 0 Å². The number of esters is 1. The van der Waals surface area contributed by atoms with E-state index in [4.69, 9.17) is 0 Å². The number of ether oxygens (including phenoxy) is 1. The first-order chi connectivity index (χ1) is 5.63. The number of amides is 2. The van der Waals surface area contributed by atoms with Gasteiger partial charge in [0.2, 0.25) is 5.91 Å². The maximum Gasteiger partial charge on any atom is 0.307 e. The molecule has 0 aromatic carbocycles. The molecule has 5 nitrogen and oxygen atoms in total. The van der Waals surface area contributed by atoms with Gasteiger partial charge in [0.1, 0.15) is 5.25 Å². The Morgan fingerprint density at radius 3 is 2.75 bits per heavy atom. The summed E-state index contributed by atoms with van der Waals surface area (Å²) in [7, 11) is 1.24. The number of nitrogens with one attached hydrogen (secondary N) is 1. The molecule has 6 heteroatoms. The molecule has 1 N–H and O–H groups in total. The van der Waals surface area contributed by atoms with Gasteiger partial charge in [0, 0.05) is 0 Å². The van der Waals surface area contributed by atoms with E-state index in [1.165, 1.54) is 7.11 Å². The summed E-state index contributed by atoms with van der Waals surface area (Å²) in [6, 6.07) is 0. The molecule has 0 aliphatic carbocycles. The highest BCUT2D eigenvalue weighted by Crippen LogP contribution is 2.21. The highest BCUT2D eigenvalue weighted by Gasteiger charge is 2.33. The van der Waals surface area contributed by atoms with Gasteiger partial charge in [0.15, 0.2) is 0 Å². The maximum atomic E-state index is 10.9. The molecule has 0 radical (unpaired) electrons. The minimum absolute atomic E-state index is 0.0568. The lowest BCUT2D eigenvalue weighted by molar-refractivity contribution is -0.141. The van der Waals surface area contributed by atoms with E-state index < -0.39 is 22.4 Å². The van der Waals surface area contributed by atoms with Crippen LogP contribution in [0.15, 0.2) is 0 Å². The van der Waals surface area contributed by atoms with E-state index in [2.05, 4.69) is 10.1 Å². The van der Waals surface area contributed by atoms with E-state index in [1.807, 2.05) is 0 Å². The number of imide groups is 1. The third-order valence-corrected chi connectivity index (χ3v) is 2.33. The zero-order valence-corrected chi connectivity index (χ0v) is 7.14. The third-order valence-electron chi connectivity index (χ3n) is 1.35. The molecule has 0 saturated carbocycles. The molecule has 1 saturated heterocycles. The molecule has 1 aliphatic heterocycles. The number of carbonyl (C=O) groups excluding carboxylic acids is 3. The van der Waals surface area contributed by atoms with E-state index in [9.17, 15) is 14.4 Å². The van der Waals surface area contributed by atoms with Crippen LogP contribution < -0.4 is 5.32 Å². The van der Waals surface area contributed by atoms with Crippen molar-refractivity contribution in [3.63, 3.8) is 0 Å². The van der Waals surface area contributed by atoms with Crippen molar-refractivity contribution in [1.82, 2.24) is 5.32 Å². The van der Waals surface area contributed by atoms with Gasteiger partial charge in [-0.05, 0) is 0 Å². The first kappa shape index (κ1) is 9.05. The van der Waals surface area contributed by atoms with Crippen LogP contribution in [0.25, 0.3) is 0 Å². The molecule has 12 heavy (non-hydrogen) atoms. The summed E-state index contributed by atoms with van der Waals surface area (Å²) < 4.78 is 4.35. The van der Waals surface area contributed by atoms with E-state index >= 15 is 0 Å². The molecule has 0 spiro atoms. The van der Waals surface area contributed by atoms with Gasteiger partial charge in [-0.15, -0.1) is 0 Å². The molecular weight excluding hydrogens is 182 g/mol. The summed E-state index contributed by atoms with van der Waals surface area (Å²) in [6.45, 7) is 0. The highest BCUT2D eigenvalue weighted by atomic mass is 32.2. The fourth-order valence-electron chi connectivity index (χ4n) is 0.762. The third kappa shape index (κ3) is 1.97. The van der Waals surface area contributed by atoms with E-state index in [1.54, 1.807) is 0 Å². The SMILES string of the molecule is COC(=O)C[C@H]1SC(=O)NC1=O. The van der Waals surface area contributed by atoms with Crippen LogP contribution in [0.3, 0.4) is 0 Å². The minimum atomic E-state index is -0.620. The van der Waals surface area contributed by atoms with Crippen LogP contribution in [-0.2, 0) is 14.3 Å². The topological polar surface area (TPSA) is 72.5 Å². The smallest absolute Gasteiger partial charge is 0.307 e. The van der Waals surface area contributed by atoms with Crippen molar-refractivity contribution < 1.29 is 19.1 Å². The molecule has 0 unspecified atom stereocenters. The van der Waals surface area contributed by atoms with Crippen molar-refractivity contribution in [2.24, 2.45) is 0 Å². The van der Waals surface area contributed by atoms with Gasteiger partial charge < -0.3 is 4.74 Å². The molecule has 66 valence electrons. The zero-order chi connectivity index (χ0) is 9.14. The molecule has 0 aromatic rings. The van der Waals surface area contributed by atoms with Gasteiger partial charge >= 0.3 is 5.97 Å². The summed E-state index contributed by atoms with van der Waals surface area (Å²) in [5.74, 6) is -0.909. The van der Waals surface area contributed by atoms with Crippen molar-refractivity contribution in [3.05, 3.63) is 0 Å². The maximum absolute atomic E-state index is 10.9. The van der Waals surface area contributed by atoms with Crippen LogP contribution >= 0.6 is 11.8 Å². The first-order valence-corrected chi connectivity index (χ1v) is 4.09. The van der Waals surface area contributed by atoms with E-state index in [0.717, 1.165) is 11.8 Å². The summed E-state index contributed by atoms with van der Waals surface area (Å²) in [6.07, 6.45) is -0.0568. The molecule has 1 aliphatic rings. The van der Waals surface area contributed by atoms with Gasteiger partial charge in [0.05, 0.1) is 13.5 Å². The van der Waals surface area contributed by atoms with Crippen LogP contribution in [0.1, 0.15) is 6.42 Å². The largest absolute Gasteiger partial charge is 0.469 e. The van der Waals surface area contributed by atoms with Gasteiger partial charge in [-0.2, -0.15) is 0 Å². The Labute approximate surface area is 72.8 Å². The second-order valence-corrected chi connectivity index (χ2v) is 3.34. The molecule has 1 heterocycles.